The van der Waals surface area contributed by atoms with E-state index in [1.54, 1.807) is 0 Å². The maximum atomic E-state index is 6.64. The highest BCUT2D eigenvalue weighted by Gasteiger charge is 2.45. The van der Waals surface area contributed by atoms with Gasteiger partial charge in [0.2, 0.25) is 0 Å². The van der Waals surface area contributed by atoms with Crippen molar-refractivity contribution in [2.75, 3.05) is 4.81 Å². The Bertz CT molecular complexity index is 2330. The quantitative estimate of drug-likeness (QED) is 0.202. The molecule has 41 heavy (non-hydrogen) atoms. The van der Waals surface area contributed by atoms with Gasteiger partial charge in [0, 0.05) is 44.5 Å². The molecule has 0 spiro atoms. The number of fused-ring (bicyclic) bond motifs is 14. The molecule has 0 radical (unpaired) electrons. The number of rotatable bonds is 1. The molecule has 0 N–H and O–H groups in total. The first-order valence-corrected chi connectivity index (χ1v) is 14.0. The summed E-state index contributed by atoms with van der Waals surface area (Å²) in [6.07, 6.45) is 0. The molecule has 8 aromatic rings. The van der Waals surface area contributed by atoms with Crippen molar-refractivity contribution in [3.63, 3.8) is 0 Å². The summed E-state index contributed by atoms with van der Waals surface area (Å²) < 4.78 is 15.4. The van der Waals surface area contributed by atoms with Crippen molar-refractivity contribution in [3.8, 4) is 22.6 Å². The number of hydrogen-bond acceptors (Lipinski definition) is 3. The minimum absolute atomic E-state index is 0.206. The zero-order valence-corrected chi connectivity index (χ0v) is 21.9. The molecule has 0 aliphatic carbocycles. The van der Waals surface area contributed by atoms with Gasteiger partial charge in [0.15, 0.2) is 0 Å². The molecule has 0 saturated heterocycles. The second-order valence-electron chi connectivity index (χ2n) is 10.9. The van der Waals surface area contributed by atoms with Crippen LogP contribution in [-0.2, 0) is 0 Å². The molecule has 0 bridgehead atoms. The molecule has 2 aliphatic heterocycles. The molecule has 2 aromatic heterocycles. The van der Waals surface area contributed by atoms with E-state index in [4.69, 9.17) is 9.07 Å². The Kier molecular flexibility index (Phi) is 3.98. The average molecular weight is 524 g/mol. The highest BCUT2D eigenvalue weighted by Crippen LogP contribution is 2.49. The van der Waals surface area contributed by atoms with Crippen molar-refractivity contribution < 1.29 is 9.07 Å². The standard InChI is InChI=1S/C36H21BN2O2/c1-5-13-29-23(9-1)24-10-4-8-16-32(24)39-33-20-28-27-19-22(17-18-34(27)40-35(28)21-36(33)41-37(29)39)38-30-14-6-2-11-25(30)26-12-3-7-15-31(26)38/h1-21H. The van der Waals surface area contributed by atoms with E-state index in [0.29, 0.717) is 0 Å². The predicted octanol–water partition coefficient (Wildman–Crippen LogP) is 8.59. The summed E-state index contributed by atoms with van der Waals surface area (Å²) in [5.74, 6) is 0.843. The molecule has 190 valence electrons. The van der Waals surface area contributed by atoms with Crippen molar-refractivity contribution >= 4 is 67.6 Å². The fourth-order valence-corrected chi connectivity index (χ4v) is 7.03. The molecule has 0 amide bonds. The van der Waals surface area contributed by atoms with E-state index >= 15 is 0 Å². The second-order valence-corrected chi connectivity index (χ2v) is 10.9. The fourth-order valence-electron chi connectivity index (χ4n) is 7.03. The zero-order valence-electron chi connectivity index (χ0n) is 21.9. The van der Waals surface area contributed by atoms with Crippen LogP contribution in [0.25, 0.3) is 60.6 Å². The summed E-state index contributed by atoms with van der Waals surface area (Å²) in [5, 5.41) is 4.69. The molecule has 2 aliphatic rings. The number of hydrogen-bond donors (Lipinski definition) is 0. The molecule has 10 rings (SSSR count). The van der Waals surface area contributed by atoms with Gasteiger partial charge in [-0.15, -0.1) is 0 Å². The Hall–Kier alpha value is -5.42. The maximum absolute atomic E-state index is 6.64. The first-order chi connectivity index (χ1) is 20.3. The van der Waals surface area contributed by atoms with Gasteiger partial charge in [-0.25, -0.2) is 0 Å². The normalized spacial score (nSPS) is 13.5. The van der Waals surface area contributed by atoms with E-state index in [2.05, 4.69) is 137 Å². The van der Waals surface area contributed by atoms with Gasteiger partial charge in [-0.3, -0.25) is 0 Å². The number of furan rings is 1. The summed E-state index contributed by atoms with van der Waals surface area (Å²) in [5.41, 5.74) is 11.1. The smallest absolute Gasteiger partial charge is 0.524 e. The summed E-state index contributed by atoms with van der Waals surface area (Å²) in [6, 6.07) is 45.2. The van der Waals surface area contributed by atoms with Crippen LogP contribution in [0.5, 0.6) is 5.75 Å². The predicted molar refractivity (Wildman–Crippen MR) is 168 cm³/mol. The molecular weight excluding hydrogens is 503 g/mol. The highest BCUT2D eigenvalue weighted by molar-refractivity contribution is 6.77. The molecule has 4 heterocycles. The van der Waals surface area contributed by atoms with Gasteiger partial charge in [-0.1, -0.05) is 78.9 Å². The van der Waals surface area contributed by atoms with E-state index in [9.17, 15) is 0 Å². The van der Waals surface area contributed by atoms with Gasteiger partial charge < -0.3 is 18.4 Å². The van der Waals surface area contributed by atoms with Crippen LogP contribution in [0.2, 0.25) is 0 Å². The lowest BCUT2D eigenvalue weighted by Gasteiger charge is -2.31. The highest BCUT2D eigenvalue weighted by atomic mass is 16.5. The average Bonchev–Trinajstić information content (AvgIpc) is 3.69. The molecule has 4 nitrogen and oxygen atoms in total. The van der Waals surface area contributed by atoms with Crippen molar-refractivity contribution in [1.82, 2.24) is 4.57 Å². The summed E-state index contributed by atoms with van der Waals surface area (Å²) in [4.78, 5) is 2.34. The van der Waals surface area contributed by atoms with E-state index in [0.717, 1.165) is 44.8 Å². The summed E-state index contributed by atoms with van der Waals surface area (Å²) in [7, 11) is -0.206. The van der Waals surface area contributed by atoms with E-state index in [-0.39, 0.29) is 7.05 Å². The summed E-state index contributed by atoms with van der Waals surface area (Å²) in [6.45, 7) is 0. The molecule has 0 saturated carbocycles. The first kappa shape index (κ1) is 21.4. The Morgan fingerprint density at radius 2 is 1.20 bits per heavy atom. The van der Waals surface area contributed by atoms with Crippen molar-refractivity contribution in [2.24, 2.45) is 0 Å². The molecule has 5 heteroatoms. The molecule has 6 aromatic carbocycles. The van der Waals surface area contributed by atoms with Crippen LogP contribution in [0, 0.1) is 0 Å². The second kappa shape index (κ2) is 7.61. The fraction of sp³-hybridized carbons (Fsp3) is 0. The van der Waals surface area contributed by atoms with Gasteiger partial charge in [-0.2, -0.15) is 0 Å². The molecule has 0 fully saturated rings. The van der Waals surface area contributed by atoms with Gasteiger partial charge in [0.05, 0.1) is 16.7 Å². The van der Waals surface area contributed by atoms with Crippen LogP contribution in [-0.4, -0.2) is 11.6 Å². The lowest BCUT2D eigenvalue weighted by atomic mass is 9.65. The maximum Gasteiger partial charge on any atom is 0.524 e. The van der Waals surface area contributed by atoms with Crippen molar-refractivity contribution in [1.29, 1.82) is 0 Å². The van der Waals surface area contributed by atoms with E-state index < -0.39 is 0 Å². The lowest BCUT2D eigenvalue weighted by Crippen LogP contribution is -2.50. The number of nitrogens with zero attached hydrogens (tertiary/aromatic N) is 2. The minimum atomic E-state index is -0.206. The SMILES string of the molecule is c1ccc2c(c1)B1Oc3cc4oc5ccc(-n6c7ccccc7c7ccccc76)cc5c4cc3N1c1ccccc1-2. The Morgan fingerprint density at radius 1 is 0.512 bits per heavy atom. The van der Waals surface area contributed by atoms with Crippen LogP contribution >= 0.6 is 0 Å². The van der Waals surface area contributed by atoms with E-state index in [1.165, 1.54) is 38.4 Å². The zero-order chi connectivity index (χ0) is 26.7. The number of aromatic nitrogens is 1. The largest absolute Gasteiger partial charge is 0.536 e. The Morgan fingerprint density at radius 3 is 2.02 bits per heavy atom. The Labute approximate surface area is 235 Å². The van der Waals surface area contributed by atoms with E-state index in [1.807, 2.05) is 0 Å². The molecule has 0 atom stereocenters. The number of anilines is 2. The topological polar surface area (TPSA) is 30.5 Å². The van der Waals surface area contributed by atoms with Crippen LogP contribution < -0.4 is 14.9 Å². The Balaban J connectivity index is 1.21. The third kappa shape index (κ3) is 2.75. The molecular formula is C36H21BN2O2. The third-order valence-electron chi connectivity index (χ3n) is 8.79. The van der Waals surface area contributed by atoms with Crippen LogP contribution in [0.15, 0.2) is 132 Å². The van der Waals surface area contributed by atoms with Crippen LogP contribution in [0.3, 0.4) is 0 Å². The minimum Gasteiger partial charge on any atom is -0.536 e. The van der Waals surface area contributed by atoms with Crippen LogP contribution in [0.1, 0.15) is 0 Å². The lowest BCUT2D eigenvalue weighted by molar-refractivity contribution is 0.600. The van der Waals surface area contributed by atoms with Gasteiger partial charge >= 0.3 is 7.05 Å². The van der Waals surface area contributed by atoms with Gasteiger partial charge in [0.25, 0.3) is 0 Å². The number of benzene rings is 6. The van der Waals surface area contributed by atoms with Crippen molar-refractivity contribution in [2.45, 2.75) is 0 Å². The molecule has 0 unspecified atom stereocenters. The third-order valence-corrected chi connectivity index (χ3v) is 8.79. The number of para-hydroxylation sites is 3. The van der Waals surface area contributed by atoms with Gasteiger partial charge in [-0.05, 0) is 53.5 Å². The van der Waals surface area contributed by atoms with Gasteiger partial charge in [0.1, 0.15) is 16.9 Å². The first-order valence-electron chi connectivity index (χ1n) is 14.0. The monoisotopic (exact) mass is 524 g/mol. The van der Waals surface area contributed by atoms with Crippen molar-refractivity contribution in [3.05, 3.63) is 127 Å². The summed E-state index contributed by atoms with van der Waals surface area (Å²) >= 11 is 0. The van der Waals surface area contributed by atoms with Crippen LogP contribution in [0.4, 0.5) is 11.4 Å².